The fourth-order valence-corrected chi connectivity index (χ4v) is 5.03. The molecule has 2 heterocycles. The Hall–Kier alpha value is -4.04. The van der Waals surface area contributed by atoms with Crippen LogP contribution in [0.1, 0.15) is 22.7 Å². The summed E-state index contributed by atoms with van der Waals surface area (Å²) < 4.78 is 21.0. The van der Waals surface area contributed by atoms with Gasteiger partial charge in [-0.3, -0.25) is 14.5 Å². The van der Waals surface area contributed by atoms with Crippen LogP contribution in [0.3, 0.4) is 0 Å². The molecule has 0 saturated carbocycles. The number of aliphatic hydroxyl groups excluding tert-OH is 1. The zero-order valence-corrected chi connectivity index (χ0v) is 19.1. The van der Waals surface area contributed by atoms with Crippen molar-refractivity contribution in [2.75, 3.05) is 12.0 Å². The molecular formula is C26H19FN2O4S. The second-order valence-corrected chi connectivity index (χ2v) is 8.90. The molecule has 1 aromatic heterocycles. The number of carbonyl (C=O) groups excluding carboxylic acids is 2. The van der Waals surface area contributed by atoms with E-state index in [9.17, 15) is 19.1 Å². The Morgan fingerprint density at radius 3 is 2.53 bits per heavy atom. The van der Waals surface area contributed by atoms with Crippen LogP contribution in [-0.2, 0) is 9.59 Å². The number of benzene rings is 3. The predicted molar refractivity (Wildman–Crippen MR) is 129 cm³/mol. The number of hydrogen-bond donors (Lipinski definition) is 1. The number of rotatable bonds is 4. The van der Waals surface area contributed by atoms with Gasteiger partial charge in [0.25, 0.3) is 5.78 Å². The molecule has 3 aromatic carbocycles. The van der Waals surface area contributed by atoms with Crippen LogP contribution >= 0.6 is 11.3 Å². The van der Waals surface area contributed by atoms with Gasteiger partial charge in [0.15, 0.2) is 5.13 Å². The molecule has 1 atom stereocenters. The number of aryl methyl sites for hydroxylation is 1. The number of fused-ring (bicyclic) bond motifs is 1. The molecule has 5 rings (SSSR count). The first-order valence-electron chi connectivity index (χ1n) is 10.5. The third-order valence-corrected chi connectivity index (χ3v) is 6.78. The van der Waals surface area contributed by atoms with E-state index in [0.717, 1.165) is 15.2 Å². The molecule has 34 heavy (non-hydrogen) atoms. The minimum Gasteiger partial charge on any atom is -0.507 e. The van der Waals surface area contributed by atoms with E-state index in [1.807, 2.05) is 6.92 Å². The monoisotopic (exact) mass is 474 g/mol. The number of thiazole rings is 1. The van der Waals surface area contributed by atoms with Gasteiger partial charge in [0.2, 0.25) is 0 Å². The summed E-state index contributed by atoms with van der Waals surface area (Å²) >= 11 is 1.18. The van der Waals surface area contributed by atoms with Gasteiger partial charge in [0.05, 0.1) is 22.9 Å². The molecule has 1 unspecified atom stereocenters. The standard InChI is InChI=1S/C26H19FN2O4S/c1-14-7-9-15(10-8-14)23(30)21-22(17-5-3-4-6-18(17)27)29(25(32)24(21)31)26-28-19-12-11-16(33-2)13-20(19)34-26/h3-13,22,30H,1-2H3/b23-21+. The van der Waals surface area contributed by atoms with Crippen molar-refractivity contribution in [1.82, 2.24) is 4.98 Å². The van der Waals surface area contributed by atoms with Crippen LogP contribution in [0.5, 0.6) is 5.75 Å². The molecule has 6 nitrogen and oxygen atoms in total. The van der Waals surface area contributed by atoms with E-state index in [1.165, 1.54) is 29.5 Å². The first kappa shape index (κ1) is 21.8. The zero-order valence-electron chi connectivity index (χ0n) is 18.3. The molecular weight excluding hydrogens is 455 g/mol. The first-order chi connectivity index (χ1) is 16.4. The van der Waals surface area contributed by atoms with Crippen LogP contribution in [0, 0.1) is 12.7 Å². The molecule has 0 bridgehead atoms. The number of hydrogen-bond acceptors (Lipinski definition) is 6. The fourth-order valence-electron chi connectivity index (χ4n) is 4.01. The average Bonchev–Trinajstić information content (AvgIpc) is 3.37. The lowest BCUT2D eigenvalue weighted by atomic mass is 9.95. The van der Waals surface area contributed by atoms with Crippen LogP contribution in [-0.4, -0.2) is 28.9 Å². The van der Waals surface area contributed by atoms with Crippen molar-refractivity contribution >= 4 is 44.1 Å². The maximum atomic E-state index is 15.0. The quantitative estimate of drug-likeness (QED) is 0.244. The van der Waals surface area contributed by atoms with E-state index < -0.39 is 23.5 Å². The SMILES string of the molecule is COc1ccc2nc(N3C(=O)C(=O)/C(=C(/O)c4ccc(C)cc4)C3c3ccccc3F)sc2c1. The Labute approximate surface area is 198 Å². The van der Waals surface area contributed by atoms with Gasteiger partial charge in [-0.15, -0.1) is 0 Å². The summed E-state index contributed by atoms with van der Waals surface area (Å²) in [6.45, 7) is 1.89. The van der Waals surface area contributed by atoms with Crippen molar-refractivity contribution in [2.24, 2.45) is 0 Å². The number of ketones is 1. The Morgan fingerprint density at radius 2 is 1.82 bits per heavy atom. The second-order valence-electron chi connectivity index (χ2n) is 7.89. The molecule has 1 amide bonds. The van der Waals surface area contributed by atoms with Crippen molar-refractivity contribution in [3.63, 3.8) is 0 Å². The lowest BCUT2D eigenvalue weighted by Gasteiger charge is -2.23. The highest BCUT2D eigenvalue weighted by molar-refractivity contribution is 7.22. The van der Waals surface area contributed by atoms with Crippen LogP contribution in [0.15, 0.2) is 72.3 Å². The Bertz CT molecular complexity index is 1480. The van der Waals surface area contributed by atoms with Crippen LogP contribution < -0.4 is 9.64 Å². The summed E-state index contributed by atoms with van der Waals surface area (Å²) in [4.78, 5) is 32.2. The van der Waals surface area contributed by atoms with Crippen molar-refractivity contribution in [3.05, 3.63) is 94.8 Å². The lowest BCUT2D eigenvalue weighted by molar-refractivity contribution is -0.132. The second kappa shape index (κ2) is 8.39. The highest BCUT2D eigenvalue weighted by Crippen LogP contribution is 2.45. The molecule has 1 aliphatic heterocycles. The Balaban J connectivity index is 1.73. The van der Waals surface area contributed by atoms with Crippen molar-refractivity contribution in [1.29, 1.82) is 0 Å². The normalized spacial score (nSPS) is 17.5. The van der Waals surface area contributed by atoms with Crippen LogP contribution in [0.25, 0.3) is 16.0 Å². The molecule has 8 heteroatoms. The van der Waals surface area contributed by atoms with Gasteiger partial charge < -0.3 is 9.84 Å². The van der Waals surface area contributed by atoms with Crippen molar-refractivity contribution < 1.29 is 23.8 Å². The van der Waals surface area contributed by atoms with Crippen molar-refractivity contribution in [2.45, 2.75) is 13.0 Å². The Kier molecular flexibility index (Phi) is 5.37. The van der Waals surface area contributed by atoms with Crippen molar-refractivity contribution in [3.8, 4) is 5.75 Å². The molecule has 1 saturated heterocycles. The lowest BCUT2D eigenvalue weighted by Crippen LogP contribution is -2.29. The van der Waals surface area contributed by atoms with Gasteiger partial charge in [-0.2, -0.15) is 0 Å². The smallest absolute Gasteiger partial charge is 0.301 e. The minimum absolute atomic E-state index is 0.0900. The minimum atomic E-state index is -1.18. The van der Waals surface area contributed by atoms with E-state index >= 15 is 0 Å². The molecule has 170 valence electrons. The predicted octanol–water partition coefficient (Wildman–Crippen LogP) is 5.38. The third-order valence-electron chi connectivity index (χ3n) is 5.76. The molecule has 0 radical (unpaired) electrons. The average molecular weight is 475 g/mol. The number of Topliss-reactive ketones (excluding diaryl/α,β-unsaturated/α-hetero) is 1. The molecule has 1 N–H and O–H groups in total. The van der Waals surface area contributed by atoms with E-state index in [4.69, 9.17) is 4.74 Å². The molecule has 1 aliphatic rings. The van der Waals surface area contributed by atoms with E-state index in [1.54, 1.807) is 55.6 Å². The van der Waals surface area contributed by atoms with Gasteiger partial charge in [-0.05, 0) is 31.2 Å². The van der Waals surface area contributed by atoms with E-state index in [2.05, 4.69) is 4.98 Å². The highest BCUT2D eigenvalue weighted by Gasteiger charge is 2.49. The number of amides is 1. The number of ether oxygens (including phenoxy) is 1. The summed E-state index contributed by atoms with van der Waals surface area (Å²) in [5.74, 6) is -2.13. The molecule has 1 fully saturated rings. The fraction of sp³-hybridized carbons (Fsp3) is 0.115. The number of nitrogens with zero attached hydrogens (tertiary/aromatic N) is 2. The van der Waals surface area contributed by atoms with Gasteiger partial charge >= 0.3 is 5.91 Å². The zero-order chi connectivity index (χ0) is 24.0. The van der Waals surface area contributed by atoms with Gasteiger partial charge in [0, 0.05) is 11.1 Å². The number of aromatic nitrogens is 1. The molecule has 4 aromatic rings. The molecule has 0 aliphatic carbocycles. The number of anilines is 1. The highest BCUT2D eigenvalue weighted by atomic mass is 32.1. The summed E-state index contributed by atoms with van der Waals surface area (Å²) in [5.41, 5.74) is 1.84. The summed E-state index contributed by atoms with van der Waals surface area (Å²) in [6.07, 6.45) is 0. The van der Waals surface area contributed by atoms with Gasteiger partial charge in [-0.1, -0.05) is 59.4 Å². The number of aliphatic hydroxyl groups is 1. The van der Waals surface area contributed by atoms with Crippen LogP contribution in [0.4, 0.5) is 9.52 Å². The number of halogens is 1. The molecule has 0 spiro atoms. The summed E-state index contributed by atoms with van der Waals surface area (Å²) in [5, 5.41) is 11.3. The first-order valence-corrected chi connectivity index (χ1v) is 11.3. The number of methoxy groups -OCH3 is 1. The Morgan fingerprint density at radius 1 is 1.09 bits per heavy atom. The van der Waals surface area contributed by atoms with Crippen LogP contribution in [0.2, 0.25) is 0 Å². The summed E-state index contributed by atoms with van der Waals surface area (Å²) in [7, 11) is 1.55. The maximum absolute atomic E-state index is 15.0. The third kappa shape index (κ3) is 3.52. The van der Waals surface area contributed by atoms with Gasteiger partial charge in [0.1, 0.15) is 23.4 Å². The number of carbonyl (C=O) groups is 2. The largest absolute Gasteiger partial charge is 0.507 e. The van der Waals surface area contributed by atoms with E-state index in [-0.39, 0.29) is 22.0 Å². The summed E-state index contributed by atoms with van der Waals surface area (Å²) in [6, 6.07) is 16.9. The topological polar surface area (TPSA) is 79.7 Å². The maximum Gasteiger partial charge on any atom is 0.301 e. The van der Waals surface area contributed by atoms with E-state index in [0.29, 0.717) is 16.8 Å². The van der Waals surface area contributed by atoms with Gasteiger partial charge in [-0.25, -0.2) is 9.37 Å².